The van der Waals surface area contributed by atoms with Gasteiger partial charge in [-0.15, -0.1) is 0 Å². The van der Waals surface area contributed by atoms with Gasteiger partial charge in [0.1, 0.15) is 0 Å². The van der Waals surface area contributed by atoms with Crippen molar-refractivity contribution in [1.82, 2.24) is 15.3 Å². The first-order chi connectivity index (χ1) is 12.7. The Hall–Kier alpha value is -2.41. The summed E-state index contributed by atoms with van der Waals surface area (Å²) in [5, 5.41) is 5.70. The number of thioether (sulfide) groups is 1. The maximum atomic E-state index is 12.3. The lowest BCUT2D eigenvalue weighted by Crippen LogP contribution is -2.37. The molecule has 0 unspecified atom stereocenters. The number of rotatable bonds is 6. The van der Waals surface area contributed by atoms with E-state index in [0.29, 0.717) is 5.16 Å². The van der Waals surface area contributed by atoms with Crippen molar-refractivity contribution < 1.29 is 9.59 Å². The van der Waals surface area contributed by atoms with Crippen molar-refractivity contribution >= 4 is 29.3 Å². The lowest BCUT2D eigenvalue weighted by Gasteiger charge is -2.14. The normalized spacial score (nSPS) is 11.8. The van der Waals surface area contributed by atoms with Crippen LogP contribution in [0, 0.1) is 34.6 Å². The van der Waals surface area contributed by atoms with Gasteiger partial charge in [-0.05, 0) is 58.2 Å². The molecule has 1 aromatic heterocycles. The Morgan fingerprint density at radius 3 is 2.15 bits per heavy atom. The summed E-state index contributed by atoms with van der Waals surface area (Å²) in [5.41, 5.74) is 5.63. The fraction of sp³-hybridized carbons (Fsp3) is 0.400. The third-order valence-corrected chi connectivity index (χ3v) is 5.39. The van der Waals surface area contributed by atoms with Crippen molar-refractivity contribution in [2.24, 2.45) is 0 Å². The maximum Gasteiger partial charge on any atom is 0.243 e. The third-order valence-electron chi connectivity index (χ3n) is 4.43. The van der Waals surface area contributed by atoms with Crippen LogP contribution in [0.25, 0.3) is 0 Å². The molecule has 2 aromatic rings. The molecule has 2 rings (SSSR count). The molecular weight excluding hydrogens is 360 g/mol. The summed E-state index contributed by atoms with van der Waals surface area (Å²) in [6.45, 7) is 11.4. The molecule has 0 saturated heterocycles. The number of amides is 2. The molecule has 1 heterocycles. The van der Waals surface area contributed by atoms with Gasteiger partial charge in [0.05, 0.1) is 11.8 Å². The minimum absolute atomic E-state index is 0.0790. The molecule has 2 N–H and O–H groups in total. The highest BCUT2D eigenvalue weighted by molar-refractivity contribution is 8.00. The third kappa shape index (κ3) is 5.53. The number of carbonyl (C=O) groups excluding carboxylic acids is 2. The summed E-state index contributed by atoms with van der Waals surface area (Å²) in [6, 6.07) is 5.81. The van der Waals surface area contributed by atoms with Crippen LogP contribution in [0.2, 0.25) is 0 Å². The Morgan fingerprint density at radius 2 is 1.59 bits per heavy atom. The van der Waals surface area contributed by atoms with Gasteiger partial charge in [-0.1, -0.05) is 30.0 Å². The topological polar surface area (TPSA) is 84.0 Å². The molecule has 0 radical (unpaired) electrons. The van der Waals surface area contributed by atoms with Crippen molar-refractivity contribution in [3.63, 3.8) is 0 Å². The second kappa shape index (κ2) is 8.99. The predicted octanol–water partition coefficient (Wildman–Crippen LogP) is 3.25. The lowest BCUT2D eigenvalue weighted by atomic mass is 10.1. The molecule has 0 aliphatic rings. The summed E-state index contributed by atoms with van der Waals surface area (Å²) in [7, 11) is 0. The highest BCUT2D eigenvalue weighted by Gasteiger charge is 2.18. The van der Waals surface area contributed by atoms with Crippen molar-refractivity contribution in [3.8, 4) is 0 Å². The first-order valence-electron chi connectivity index (χ1n) is 8.81. The predicted molar refractivity (Wildman–Crippen MR) is 109 cm³/mol. The van der Waals surface area contributed by atoms with E-state index in [1.54, 1.807) is 6.92 Å². The van der Waals surface area contributed by atoms with E-state index in [2.05, 4.69) is 20.6 Å². The van der Waals surface area contributed by atoms with E-state index in [4.69, 9.17) is 0 Å². The standard InChI is InChI=1S/C20H26N4O2S/c1-11-8-7-9-12(2)18(11)24-17(25)10-21-19(26)16(6)27-20-22-14(4)13(3)15(5)23-20/h7-9,16H,10H2,1-6H3,(H,21,26)(H,24,25)/t16-/m0/s1. The molecule has 6 nitrogen and oxygen atoms in total. The van der Waals surface area contributed by atoms with Gasteiger partial charge in [0, 0.05) is 17.1 Å². The van der Waals surface area contributed by atoms with E-state index < -0.39 is 5.25 Å². The number of anilines is 1. The summed E-state index contributed by atoms with van der Waals surface area (Å²) in [4.78, 5) is 33.3. The Labute approximate surface area is 164 Å². The van der Waals surface area contributed by atoms with Crippen LogP contribution in [-0.2, 0) is 9.59 Å². The summed E-state index contributed by atoms with van der Waals surface area (Å²) in [6.07, 6.45) is 0. The van der Waals surface area contributed by atoms with Crippen LogP contribution in [-0.4, -0.2) is 33.6 Å². The lowest BCUT2D eigenvalue weighted by molar-refractivity contribution is -0.123. The number of carbonyl (C=O) groups is 2. The van der Waals surface area contributed by atoms with Crippen LogP contribution in [0.4, 0.5) is 5.69 Å². The zero-order chi connectivity index (χ0) is 20.1. The first kappa shape index (κ1) is 20.9. The second-order valence-corrected chi connectivity index (χ2v) is 7.90. The fourth-order valence-corrected chi connectivity index (χ4v) is 3.40. The van der Waals surface area contributed by atoms with Crippen molar-refractivity contribution in [2.45, 2.75) is 51.9 Å². The highest BCUT2D eigenvalue weighted by Crippen LogP contribution is 2.22. The van der Waals surface area contributed by atoms with Gasteiger partial charge in [-0.2, -0.15) is 0 Å². The number of aromatic nitrogens is 2. The van der Waals surface area contributed by atoms with Crippen LogP contribution in [0.5, 0.6) is 0 Å². The van der Waals surface area contributed by atoms with Gasteiger partial charge in [0.15, 0.2) is 5.16 Å². The summed E-state index contributed by atoms with van der Waals surface area (Å²) in [5.74, 6) is -0.479. The Bertz CT molecular complexity index is 824. The van der Waals surface area contributed by atoms with Crippen molar-refractivity contribution in [2.75, 3.05) is 11.9 Å². The van der Waals surface area contributed by atoms with Crippen molar-refractivity contribution in [1.29, 1.82) is 0 Å². The summed E-state index contributed by atoms with van der Waals surface area (Å²) >= 11 is 1.28. The zero-order valence-electron chi connectivity index (χ0n) is 16.6. The Balaban J connectivity index is 1.90. The van der Waals surface area contributed by atoms with Gasteiger partial charge < -0.3 is 10.6 Å². The second-order valence-electron chi connectivity index (χ2n) is 6.59. The largest absolute Gasteiger partial charge is 0.346 e. The molecule has 0 fully saturated rings. The van der Waals surface area contributed by atoms with Crippen LogP contribution in [0.15, 0.2) is 23.4 Å². The fourth-order valence-electron chi connectivity index (χ4n) is 2.51. The molecule has 0 bridgehead atoms. The molecule has 0 saturated carbocycles. The molecular formula is C20H26N4O2S. The molecule has 0 aliphatic heterocycles. The zero-order valence-corrected chi connectivity index (χ0v) is 17.5. The van der Waals surface area contributed by atoms with E-state index in [1.165, 1.54) is 11.8 Å². The van der Waals surface area contributed by atoms with E-state index in [-0.39, 0.29) is 18.4 Å². The average molecular weight is 387 g/mol. The van der Waals surface area contributed by atoms with Gasteiger partial charge in [-0.3, -0.25) is 9.59 Å². The van der Waals surface area contributed by atoms with E-state index in [9.17, 15) is 9.59 Å². The Morgan fingerprint density at radius 1 is 1.04 bits per heavy atom. The maximum absolute atomic E-state index is 12.3. The van der Waals surface area contributed by atoms with E-state index in [0.717, 1.165) is 33.8 Å². The molecule has 0 aliphatic carbocycles. The number of hydrogen-bond acceptors (Lipinski definition) is 5. The molecule has 1 aromatic carbocycles. The van der Waals surface area contributed by atoms with E-state index >= 15 is 0 Å². The van der Waals surface area contributed by atoms with E-state index in [1.807, 2.05) is 52.8 Å². The van der Waals surface area contributed by atoms with Gasteiger partial charge >= 0.3 is 0 Å². The van der Waals surface area contributed by atoms with Gasteiger partial charge in [0.25, 0.3) is 0 Å². The van der Waals surface area contributed by atoms with Crippen molar-refractivity contribution in [3.05, 3.63) is 46.3 Å². The molecule has 7 heteroatoms. The first-order valence-corrected chi connectivity index (χ1v) is 9.69. The quantitative estimate of drug-likeness (QED) is 0.588. The van der Waals surface area contributed by atoms with Crippen LogP contribution in [0.1, 0.15) is 35.0 Å². The molecule has 27 heavy (non-hydrogen) atoms. The Kier molecular flexibility index (Phi) is 6.96. The molecule has 2 amide bonds. The molecule has 0 spiro atoms. The minimum atomic E-state index is -0.403. The van der Waals surface area contributed by atoms with Crippen LogP contribution in [0.3, 0.4) is 0 Å². The SMILES string of the molecule is Cc1cccc(C)c1NC(=O)CNC(=O)[C@H](C)Sc1nc(C)c(C)c(C)n1. The number of nitrogens with zero attached hydrogens (tertiary/aromatic N) is 2. The monoisotopic (exact) mass is 386 g/mol. The highest BCUT2D eigenvalue weighted by atomic mass is 32.2. The van der Waals surface area contributed by atoms with Crippen LogP contribution < -0.4 is 10.6 Å². The molecule has 144 valence electrons. The van der Waals surface area contributed by atoms with Gasteiger partial charge in [-0.25, -0.2) is 9.97 Å². The van der Waals surface area contributed by atoms with Crippen LogP contribution >= 0.6 is 11.8 Å². The molecule has 1 atom stereocenters. The van der Waals surface area contributed by atoms with Gasteiger partial charge in [0.2, 0.25) is 11.8 Å². The number of hydrogen-bond donors (Lipinski definition) is 2. The number of benzene rings is 1. The smallest absolute Gasteiger partial charge is 0.243 e. The number of nitrogens with one attached hydrogen (secondary N) is 2. The summed E-state index contributed by atoms with van der Waals surface area (Å²) < 4.78 is 0. The average Bonchev–Trinajstić information content (AvgIpc) is 2.60. The number of aryl methyl sites for hydroxylation is 4. The number of para-hydroxylation sites is 1. The minimum Gasteiger partial charge on any atom is -0.346 e.